The van der Waals surface area contributed by atoms with Crippen molar-refractivity contribution < 1.29 is 4.79 Å². The van der Waals surface area contributed by atoms with Crippen molar-refractivity contribution in [3.05, 3.63) is 113 Å². The molecular formula is C24H18O. The summed E-state index contributed by atoms with van der Waals surface area (Å²) < 4.78 is 0. The van der Waals surface area contributed by atoms with Gasteiger partial charge in [-0.3, -0.25) is 4.79 Å². The second-order valence-electron chi connectivity index (χ2n) is 6.25. The van der Waals surface area contributed by atoms with Crippen LogP contribution in [0.3, 0.4) is 0 Å². The van der Waals surface area contributed by atoms with Crippen molar-refractivity contribution in [1.82, 2.24) is 0 Å². The van der Waals surface area contributed by atoms with Gasteiger partial charge in [0, 0.05) is 0 Å². The highest BCUT2D eigenvalue weighted by atomic mass is 16.1. The lowest BCUT2D eigenvalue weighted by Crippen LogP contribution is -2.02. The predicted octanol–water partition coefficient (Wildman–Crippen LogP) is 5.73. The summed E-state index contributed by atoms with van der Waals surface area (Å²) in [4.78, 5) is 11.9. The van der Waals surface area contributed by atoms with Crippen LogP contribution in [0.5, 0.6) is 0 Å². The highest BCUT2D eigenvalue weighted by Gasteiger charge is 2.15. The lowest BCUT2D eigenvalue weighted by Gasteiger charge is -2.16. The predicted molar refractivity (Wildman–Crippen MR) is 104 cm³/mol. The summed E-state index contributed by atoms with van der Waals surface area (Å²) in [5.41, 5.74) is 5.32. The van der Waals surface area contributed by atoms with Crippen LogP contribution in [-0.4, -0.2) is 5.78 Å². The second kappa shape index (κ2) is 6.37. The number of benzene rings is 3. The lowest BCUT2D eigenvalue weighted by atomic mass is 9.87. The van der Waals surface area contributed by atoms with Gasteiger partial charge in [0.2, 0.25) is 0 Å². The first-order valence-corrected chi connectivity index (χ1v) is 8.42. The summed E-state index contributed by atoms with van der Waals surface area (Å²) in [7, 11) is 0. The third-order valence-corrected chi connectivity index (χ3v) is 4.59. The maximum atomic E-state index is 11.9. The average Bonchev–Trinajstić information content (AvgIpc) is 2.66. The van der Waals surface area contributed by atoms with Gasteiger partial charge in [0.15, 0.2) is 5.78 Å². The number of fused-ring (bicyclic) bond motifs is 1. The highest BCUT2D eigenvalue weighted by molar-refractivity contribution is 6.08. The molecule has 0 bridgehead atoms. The van der Waals surface area contributed by atoms with Gasteiger partial charge in [0.25, 0.3) is 0 Å². The third-order valence-electron chi connectivity index (χ3n) is 4.59. The van der Waals surface area contributed by atoms with Crippen molar-refractivity contribution in [3.63, 3.8) is 0 Å². The topological polar surface area (TPSA) is 17.1 Å². The molecule has 1 aliphatic rings. The van der Waals surface area contributed by atoms with Crippen LogP contribution >= 0.6 is 0 Å². The Hall–Kier alpha value is -3.19. The van der Waals surface area contributed by atoms with E-state index in [9.17, 15) is 4.79 Å². The molecule has 0 aliphatic heterocycles. The lowest BCUT2D eigenvalue weighted by molar-refractivity contribution is -0.111. The number of ketones is 1. The zero-order chi connectivity index (χ0) is 17.2. The molecule has 3 aromatic rings. The largest absolute Gasteiger partial charge is 0.290 e. The zero-order valence-electron chi connectivity index (χ0n) is 14.1. The van der Waals surface area contributed by atoms with Gasteiger partial charge in [-0.05, 0) is 57.7 Å². The fraction of sp³-hybridized carbons (Fsp3) is 0.0417. The highest BCUT2D eigenvalue weighted by Crippen LogP contribution is 2.34. The zero-order valence-corrected chi connectivity index (χ0v) is 14.1. The molecule has 0 amide bonds. The van der Waals surface area contributed by atoms with Crippen LogP contribution in [0.25, 0.3) is 16.3 Å². The molecule has 1 nitrogen and oxygen atoms in total. The minimum absolute atomic E-state index is 0.0779. The number of hydrogen-bond donors (Lipinski definition) is 0. The van der Waals surface area contributed by atoms with Crippen molar-refractivity contribution in [3.8, 4) is 0 Å². The van der Waals surface area contributed by atoms with Crippen molar-refractivity contribution in [2.45, 2.75) is 6.92 Å². The first-order valence-electron chi connectivity index (χ1n) is 8.42. The van der Waals surface area contributed by atoms with Crippen LogP contribution in [0.15, 0.2) is 102 Å². The van der Waals surface area contributed by atoms with E-state index < -0.39 is 0 Å². The van der Waals surface area contributed by atoms with E-state index in [1.54, 1.807) is 6.08 Å². The Morgan fingerprint density at radius 1 is 0.760 bits per heavy atom. The van der Waals surface area contributed by atoms with Crippen molar-refractivity contribution in [2.75, 3.05) is 0 Å². The molecular weight excluding hydrogens is 304 g/mol. The Balaban J connectivity index is 2.06. The van der Waals surface area contributed by atoms with E-state index in [0.29, 0.717) is 0 Å². The second-order valence-corrected chi connectivity index (χ2v) is 6.25. The van der Waals surface area contributed by atoms with Crippen LogP contribution in [0.1, 0.15) is 18.1 Å². The molecule has 1 heteroatoms. The first-order chi connectivity index (χ1) is 12.2. The molecule has 0 heterocycles. The number of allylic oxidation sites excluding steroid dienone is 5. The molecule has 0 fully saturated rings. The Bertz CT molecular complexity index is 1040. The molecule has 0 atom stereocenters. The molecule has 0 saturated heterocycles. The molecule has 120 valence electrons. The van der Waals surface area contributed by atoms with E-state index in [2.05, 4.69) is 66.7 Å². The van der Waals surface area contributed by atoms with E-state index in [1.165, 1.54) is 16.3 Å². The number of rotatable bonds is 2. The molecule has 4 rings (SSSR count). The Morgan fingerprint density at radius 2 is 1.48 bits per heavy atom. The fourth-order valence-electron chi connectivity index (χ4n) is 3.33. The molecule has 0 radical (unpaired) electrons. The number of hydrogen-bond acceptors (Lipinski definition) is 1. The summed E-state index contributed by atoms with van der Waals surface area (Å²) in [5.74, 6) is 0.0779. The van der Waals surface area contributed by atoms with Gasteiger partial charge < -0.3 is 0 Å². The Labute approximate surface area is 147 Å². The summed E-state index contributed by atoms with van der Waals surface area (Å²) in [6.07, 6.45) is 5.59. The number of carbonyl (C=O) groups excluding carboxylic acids is 1. The van der Waals surface area contributed by atoms with Gasteiger partial charge in [-0.15, -0.1) is 0 Å². The number of carbonyl (C=O) groups is 1. The van der Waals surface area contributed by atoms with E-state index in [4.69, 9.17) is 0 Å². The molecule has 0 N–H and O–H groups in total. The maximum Gasteiger partial charge on any atom is 0.181 e. The minimum Gasteiger partial charge on any atom is -0.290 e. The van der Waals surface area contributed by atoms with Crippen LogP contribution in [0.2, 0.25) is 0 Å². The van der Waals surface area contributed by atoms with Crippen LogP contribution in [-0.2, 0) is 4.79 Å². The molecule has 0 unspecified atom stereocenters. The van der Waals surface area contributed by atoms with Gasteiger partial charge in [-0.25, -0.2) is 0 Å². The van der Waals surface area contributed by atoms with Crippen LogP contribution in [0, 0.1) is 0 Å². The normalized spacial score (nSPS) is 16.0. The summed E-state index contributed by atoms with van der Waals surface area (Å²) in [6, 6.07) is 25.2. The Kier molecular flexibility index (Phi) is 3.91. The first kappa shape index (κ1) is 15.3. The standard InChI is InChI=1S/C24H18O/c1-17-16-20(14-15-23(17)25)24(19-9-3-2-4-10-19)22-13-7-11-18-8-5-6-12-21(18)22/h2-16H,1H3/b24-20-. The van der Waals surface area contributed by atoms with E-state index >= 15 is 0 Å². The van der Waals surface area contributed by atoms with Crippen molar-refractivity contribution in [2.24, 2.45) is 0 Å². The summed E-state index contributed by atoms with van der Waals surface area (Å²) in [5, 5.41) is 2.43. The van der Waals surface area contributed by atoms with Crippen molar-refractivity contribution >= 4 is 22.1 Å². The summed E-state index contributed by atoms with van der Waals surface area (Å²) in [6.45, 7) is 1.87. The van der Waals surface area contributed by atoms with Gasteiger partial charge >= 0.3 is 0 Å². The maximum absolute atomic E-state index is 11.9. The third kappa shape index (κ3) is 2.85. The van der Waals surface area contributed by atoms with Crippen molar-refractivity contribution in [1.29, 1.82) is 0 Å². The monoisotopic (exact) mass is 322 g/mol. The fourth-order valence-corrected chi connectivity index (χ4v) is 3.33. The average molecular weight is 322 g/mol. The molecule has 3 aromatic carbocycles. The van der Waals surface area contributed by atoms with E-state index in [-0.39, 0.29) is 5.78 Å². The molecule has 0 spiro atoms. The van der Waals surface area contributed by atoms with Gasteiger partial charge in [-0.2, -0.15) is 0 Å². The van der Waals surface area contributed by atoms with E-state index in [1.807, 2.05) is 25.1 Å². The smallest absolute Gasteiger partial charge is 0.181 e. The van der Waals surface area contributed by atoms with Crippen LogP contribution in [0.4, 0.5) is 0 Å². The molecule has 0 saturated carbocycles. The molecule has 0 aromatic heterocycles. The quantitative estimate of drug-likeness (QED) is 0.589. The van der Waals surface area contributed by atoms with Gasteiger partial charge in [-0.1, -0.05) is 78.9 Å². The van der Waals surface area contributed by atoms with Gasteiger partial charge in [0.05, 0.1) is 0 Å². The molecule has 25 heavy (non-hydrogen) atoms. The SMILES string of the molecule is CC1=C/C(=C(/c2ccccc2)c2cccc3ccccc23)C=CC1=O. The summed E-state index contributed by atoms with van der Waals surface area (Å²) >= 11 is 0. The van der Waals surface area contributed by atoms with Gasteiger partial charge in [0.1, 0.15) is 0 Å². The molecule has 1 aliphatic carbocycles. The van der Waals surface area contributed by atoms with E-state index in [0.717, 1.165) is 22.3 Å². The minimum atomic E-state index is 0.0779. The Morgan fingerprint density at radius 3 is 2.28 bits per heavy atom. The van der Waals surface area contributed by atoms with Crippen LogP contribution < -0.4 is 0 Å².